The Bertz CT molecular complexity index is 297. The maximum absolute atomic E-state index is 12.1. The van der Waals surface area contributed by atoms with E-state index in [2.05, 4.69) is 19.1 Å². The number of hydrogen-bond donors (Lipinski definition) is 0. The van der Waals surface area contributed by atoms with Crippen LogP contribution in [0.3, 0.4) is 0 Å². The number of alkyl halides is 1. The van der Waals surface area contributed by atoms with Gasteiger partial charge in [-0.1, -0.05) is 13.0 Å². The molecule has 2 heteroatoms. The number of hydrogen-bond acceptors (Lipinski definition) is 1. The maximum Gasteiger partial charge on any atom is 0.119 e. The molecule has 0 aromatic heterocycles. The average molecular weight is 210 g/mol. The molecule has 0 saturated heterocycles. The number of halogens is 1. The highest BCUT2D eigenvalue weighted by molar-refractivity contribution is 5.35. The second kappa shape index (κ2) is 6.44. The number of benzene rings is 1. The van der Waals surface area contributed by atoms with Crippen molar-refractivity contribution in [1.82, 2.24) is 0 Å². The standard InChI is InChI=1S/C13H19FO/c1-3-11-10-13(15-4-2)8-7-12(11)6-5-9-14/h7-8,10H,3-6,9H2,1-2H3. The second-order valence-corrected chi connectivity index (χ2v) is 3.51. The highest BCUT2D eigenvalue weighted by atomic mass is 19.1. The molecule has 0 aliphatic rings. The second-order valence-electron chi connectivity index (χ2n) is 3.51. The highest BCUT2D eigenvalue weighted by Gasteiger charge is 2.02. The zero-order valence-electron chi connectivity index (χ0n) is 9.55. The number of ether oxygens (including phenoxy) is 1. The van der Waals surface area contributed by atoms with Crippen molar-refractivity contribution in [2.75, 3.05) is 13.3 Å². The van der Waals surface area contributed by atoms with E-state index in [0.717, 1.165) is 18.6 Å². The molecule has 0 saturated carbocycles. The van der Waals surface area contributed by atoms with Gasteiger partial charge in [0.05, 0.1) is 13.3 Å². The van der Waals surface area contributed by atoms with Crippen LogP contribution in [0.25, 0.3) is 0 Å². The van der Waals surface area contributed by atoms with Crippen LogP contribution in [0.2, 0.25) is 0 Å². The van der Waals surface area contributed by atoms with Gasteiger partial charge in [0.2, 0.25) is 0 Å². The number of aryl methyl sites for hydroxylation is 2. The quantitative estimate of drug-likeness (QED) is 0.697. The lowest BCUT2D eigenvalue weighted by molar-refractivity contribution is 0.340. The van der Waals surface area contributed by atoms with Gasteiger partial charge in [0, 0.05) is 0 Å². The van der Waals surface area contributed by atoms with Crippen molar-refractivity contribution in [3.05, 3.63) is 29.3 Å². The van der Waals surface area contributed by atoms with Gasteiger partial charge in [0.1, 0.15) is 5.75 Å². The molecule has 84 valence electrons. The van der Waals surface area contributed by atoms with Gasteiger partial charge in [-0.05, 0) is 49.4 Å². The molecule has 1 aromatic carbocycles. The summed E-state index contributed by atoms with van der Waals surface area (Å²) in [6, 6.07) is 6.09. The van der Waals surface area contributed by atoms with Gasteiger partial charge in [-0.2, -0.15) is 0 Å². The molecule has 1 aromatic rings. The summed E-state index contributed by atoms with van der Waals surface area (Å²) < 4.78 is 17.5. The Hall–Kier alpha value is -1.05. The molecular weight excluding hydrogens is 191 g/mol. The fourth-order valence-corrected chi connectivity index (χ4v) is 1.69. The van der Waals surface area contributed by atoms with Crippen LogP contribution in [0, 0.1) is 0 Å². The van der Waals surface area contributed by atoms with Crippen molar-refractivity contribution < 1.29 is 9.13 Å². The van der Waals surface area contributed by atoms with Gasteiger partial charge in [-0.15, -0.1) is 0 Å². The molecule has 0 atom stereocenters. The third-order valence-corrected chi connectivity index (χ3v) is 2.45. The van der Waals surface area contributed by atoms with Crippen LogP contribution in [0.1, 0.15) is 31.4 Å². The van der Waals surface area contributed by atoms with Crippen LogP contribution in [-0.4, -0.2) is 13.3 Å². The summed E-state index contributed by atoms with van der Waals surface area (Å²) in [7, 11) is 0. The fraction of sp³-hybridized carbons (Fsp3) is 0.538. The molecule has 0 radical (unpaired) electrons. The maximum atomic E-state index is 12.1. The largest absolute Gasteiger partial charge is 0.494 e. The van der Waals surface area contributed by atoms with Crippen LogP contribution >= 0.6 is 0 Å². The van der Waals surface area contributed by atoms with Crippen molar-refractivity contribution in [3.63, 3.8) is 0 Å². The summed E-state index contributed by atoms with van der Waals surface area (Å²) in [5, 5.41) is 0. The van der Waals surface area contributed by atoms with E-state index in [1.54, 1.807) is 0 Å². The first-order valence-corrected chi connectivity index (χ1v) is 5.62. The predicted octanol–water partition coefficient (Wildman–Crippen LogP) is 3.55. The average Bonchev–Trinajstić information content (AvgIpc) is 2.27. The van der Waals surface area contributed by atoms with Crippen molar-refractivity contribution >= 4 is 0 Å². The molecule has 0 aliphatic carbocycles. The minimum absolute atomic E-state index is 0.240. The van der Waals surface area contributed by atoms with Gasteiger partial charge in [0.15, 0.2) is 0 Å². The summed E-state index contributed by atoms with van der Waals surface area (Å²) >= 11 is 0. The lowest BCUT2D eigenvalue weighted by Gasteiger charge is -2.10. The Morgan fingerprint density at radius 1 is 1.20 bits per heavy atom. The Morgan fingerprint density at radius 2 is 2.00 bits per heavy atom. The third kappa shape index (κ3) is 3.54. The molecule has 0 amide bonds. The van der Waals surface area contributed by atoms with Crippen LogP contribution in [0.4, 0.5) is 4.39 Å². The SMILES string of the molecule is CCOc1ccc(CCCF)c(CC)c1. The number of rotatable bonds is 6. The van der Waals surface area contributed by atoms with Crippen molar-refractivity contribution in [1.29, 1.82) is 0 Å². The summed E-state index contributed by atoms with van der Waals surface area (Å²) in [6.45, 7) is 4.54. The predicted molar refractivity (Wildman–Crippen MR) is 61.3 cm³/mol. The van der Waals surface area contributed by atoms with Crippen LogP contribution in [-0.2, 0) is 12.8 Å². The minimum Gasteiger partial charge on any atom is -0.494 e. The van der Waals surface area contributed by atoms with E-state index in [0.29, 0.717) is 13.0 Å². The van der Waals surface area contributed by atoms with Crippen LogP contribution in [0.15, 0.2) is 18.2 Å². The van der Waals surface area contributed by atoms with E-state index in [1.807, 2.05) is 13.0 Å². The van der Waals surface area contributed by atoms with Gasteiger partial charge in [-0.25, -0.2) is 0 Å². The zero-order valence-corrected chi connectivity index (χ0v) is 9.55. The van der Waals surface area contributed by atoms with E-state index < -0.39 is 0 Å². The van der Waals surface area contributed by atoms with Crippen LogP contribution in [0.5, 0.6) is 5.75 Å². The van der Waals surface area contributed by atoms with Crippen molar-refractivity contribution in [2.45, 2.75) is 33.1 Å². The van der Waals surface area contributed by atoms with Crippen LogP contribution < -0.4 is 4.74 Å². The van der Waals surface area contributed by atoms with E-state index in [1.165, 1.54) is 11.1 Å². The van der Waals surface area contributed by atoms with Gasteiger partial charge in [-0.3, -0.25) is 4.39 Å². The van der Waals surface area contributed by atoms with Crippen molar-refractivity contribution in [3.8, 4) is 5.75 Å². The van der Waals surface area contributed by atoms with Gasteiger partial charge >= 0.3 is 0 Å². The lowest BCUT2D eigenvalue weighted by atomic mass is 10.0. The van der Waals surface area contributed by atoms with E-state index in [4.69, 9.17) is 4.74 Å². The minimum atomic E-state index is -0.240. The van der Waals surface area contributed by atoms with Gasteiger partial charge in [0.25, 0.3) is 0 Å². The van der Waals surface area contributed by atoms with Gasteiger partial charge < -0.3 is 4.74 Å². The Kier molecular flexibility index (Phi) is 5.16. The normalized spacial score (nSPS) is 10.3. The first-order chi connectivity index (χ1) is 7.31. The summed E-state index contributed by atoms with van der Waals surface area (Å²) in [6.07, 6.45) is 2.41. The van der Waals surface area contributed by atoms with E-state index in [9.17, 15) is 4.39 Å². The highest BCUT2D eigenvalue weighted by Crippen LogP contribution is 2.19. The van der Waals surface area contributed by atoms with E-state index in [-0.39, 0.29) is 6.67 Å². The molecule has 1 rings (SSSR count). The lowest BCUT2D eigenvalue weighted by Crippen LogP contribution is -1.97. The molecule has 1 nitrogen and oxygen atoms in total. The molecule has 0 aliphatic heterocycles. The molecule has 0 N–H and O–H groups in total. The molecule has 0 fully saturated rings. The molecule has 0 bridgehead atoms. The first kappa shape index (κ1) is 12.0. The monoisotopic (exact) mass is 210 g/mol. The van der Waals surface area contributed by atoms with E-state index >= 15 is 0 Å². The zero-order chi connectivity index (χ0) is 11.1. The smallest absolute Gasteiger partial charge is 0.119 e. The molecule has 0 spiro atoms. The Morgan fingerprint density at radius 3 is 2.60 bits per heavy atom. The summed E-state index contributed by atoms with van der Waals surface area (Å²) in [4.78, 5) is 0. The Labute approximate surface area is 91.3 Å². The molecule has 0 unspecified atom stereocenters. The fourth-order valence-electron chi connectivity index (χ4n) is 1.69. The molecular formula is C13H19FO. The first-order valence-electron chi connectivity index (χ1n) is 5.62. The topological polar surface area (TPSA) is 9.23 Å². The summed E-state index contributed by atoms with van der Waals surface area (Å²) in [5.74, 6) is 0.915. The van der Waals surface area contributed by atoms with Crippen molar-refractivity contribution in [2.24, 2.45) is 0 Å². The summed E-state index contributed by atoms with van der Waals surface area (Å²) in [5.41, 5.74) is 2.52. The molecule has 15 heavy (non-hydrogen) atoms. The third-order valence-electron chi connectivity index (χ3n) is 2.45. The Balaban J connectivity index is 2.78. The molecule has 0 heterocycles.